The lowest BCUT2D eigenvalue weighted by Crippen LogP contribution is -2.39. The van der Waals surface area contributed by atoms with E-state index in [1.165, 1.54) is 6.92 Å². The van der Waals surface area contributed by atoms with Crippen LogP contribution in [-0.2, 0) is 16.0 Å². The Morgan fingerprint density at radius 2 is 2.00 bits per heavy atom. The zero-order valence-corrected chi connectivity index (χ0v) is 16.8. The maximum Gasteiger partial charge on any atom is 0.265 e. The van der Waals surface area contributed by atoms with Crippen LogP contribution in [-0.4, -0.2) is 35.1 Å². The second kappa shape index (κ2) is 8.36. The van der Waals surface area contributed by atoms with Gasteiger partial charge in [-0.1, -0.05) is 24.2 Å². The fourth-order valence-electron chi connectivity index (χ4n) is 3.34. The van der Waals surface area contributed by atoms with Crippen molar-refractivity contribution in [2.24, 2.45) is 0 Å². The van der Waals surface area contributed by atoms with Gasteiger partial charge in [-0.15, -0.1) is 0 Å². The van der Waals surface area contributed by atoms with Crippen molar-refractivity contribution in [3.63, 3.8) is 0 Å². The van der Waals surface area contributed by atoms with Crippen molar-refractivity contribution in [2.75, 3.05) is 23.4 Å². The van der Waals surface area contributed by atoms with Gasteiger partial charge in [0.25, 0.3) is 5.91 Å². The van der Waals surface area contributed by atoms with Crippen LogP contribution in [0.25, 0.3) is 11.4 Å². The standard InChI is InChI=1S/C22H22N4O4/c1-3-10-26-18-12-16(6-9-19(18)29-13-21(26)28)22-24-20(30-25-22)11-15-4-7-17(8-5-15)23-14(2)27/h4-9,12H,3,10-11,13H2,1-2H3,(H,23,27). The fraction of sp³-hybridized carbons (Fsp3) is 0.273. The van der Waals surface area contributed by atoms with Crippen molar-refractivity contribution in [1.82, 2.24) is 10.1 Å². The molecule has 1 aliphatic rings. The highest BCUT2D eigenvalue weighted by Gasteiger charge is 2.25. The monoisotopic (exact) mass is 406 g/mol. The van der Waals surface area contributed by atoms with Crippen LogP contribution in [0.4, 0.5) is 11.4 Å². The van der Waals surface area contributed by atoms with Crippen LogP contribution in [0, 0.1) is 0 Å². The quantitative estimate of drug-likeness (QED) is 0.674. The zero-order valence-electron chi connectivity index (χ0n) is 16.8. The van der Waals surface area contributed by atoms with E-state index in [4.69, 9.17) is 9.26 Å². The second-order valence-corrected chi connectivity index (χ2v) is 7.08. The Morgan fingerprint density at radius 3 is 2.73 bits per heavy atom. The number of hydrogen-bond donors (Lipinski definition) is 1. The van der Waals surface area contributed by atoms with Gasteiger partial charge in [0.1, 0.15) is 5.75 Å². The van der Waals surface area contributed by atoms with Crippen LogP contribution in [0.2, 0.25) is 0 Å². The Hall–Kier alpha value is -3.68. The number of fused-ring (bicyclic) bond motifs is 1. The summed E-state index contributed by atoms with van der Waals surface area (Å²) in [6.07, 6.45) is 1.32. The fourth-order valence-corrected chi connectivity index (χ4v) is 3.34. The average Bonchev–Trinajstić information content (AvgIpc) is 3.19. The summed E-state index contributed by atoms with van der Waals surface area (Å²) < 4.78 is 11.0. The molecule has 2 heterocycles. The SMILES string of the molecule is CCCN1C(=O)COc2ccc(-c3noc(Cc4ccc(NC(C)=O)cc4)n3)cc21. The number of nitrogens with one attached hydrogen (secondary N) is 1. The summed E-state index contributed by atoms with van der Waals surface area (Å²) in [6.45, 7) is 4.18. The summed E-state index contributed by atoms with van der Waals surface area (Å²) in [5, 5.41) is 6.82. The third-order valence-corrected chi connectivity index (χ3v) is 4.71. The summed E-state index contributed by atoms with van der Waals surface area (Å²) in [6, 6.07) is 13.0. The Kier molecular flexibility index (Phi) is 5.47. The molecule has 1 aliphatic heterocycles. The van der Waals surface area contributed by atoms with E-state index in [-0.39, 0.29) is 18.4 Å². The molecule has 0 saturated carbocycles. The van der Waals surface area contributed by atoms with E-state index in [0.717, 1.165) is 28.9 Å². The van der Waals surface area contributed by atoms with Crippen LogP contribution in [0.1, 0.15) is 31.7 Å². The molecule has 0 spiro atoms. The molecule has 0 atom stereocenters. The summed E-state index contributed by atoms with van der Waals surface area (Å²) in [5.41, 5.74) is 3.20. The molecule has 4 rings (SSSR count). The number of amides is 2. The Balaban J connectivity index is 1.53. The molecule has 0 bridgehead atoms. The minimum Gasteiger partial charge on any atom is -0.482 e. The molecule has 3 aromatic rings. The Bertz CT molecular complexity index is 1070. The first-order valence-electron chi connectivity index (χ1n) is 9.80. The molecule has 0 radical (unpaired) electrons. The van der Waals surface area contributed by atoms with Gasteiger partial charge in [0.15, 0.2) is 6.61 Å². The number of aromatic nitrogens is 2. The number of carbonyl (C=O) groups excluding carboxylic acids is 2. The molecular weight excluding hydrogens is 384 g/mol. The molecule has 8 heteroatoms. The van der Waals surface area contributed by atoms with Gasteiger partial charge >= 0.3 is 0 Å². The van der Waals surface area contributed by atoms with Crippen molar-refractivity contribution in [2.45, 2.75) is 26.7 Å². The number of hydrogen-bond acceptors (Lipinski definition) is 6. The van der Waals surface area contributed by atoms with E-state index in [1.807, 2.05) is 49.4 Å². The maximum atomic E-state index is 12.2. The van der Waals surface area contributed by atoms with Crippen LogP contribution in [0.3, 0.4) is 0 Å². The van der Waals surface area contributed by atoms with Gasteiger partial charge in [-0.3, -0.25) is 9.59 Å². The van der Waals surface area contributed by atoms with Crippen molar-refractivity contribution < 1.29 is 18.8 Å². The van der Waals surface area contributed by atoms with Crippen LogP contribution >= 0.6 is 0 Å². The van der Waals surface area contributed by atoms with E-state index >= 15 is 0 Å². The van der Waals surface area contributed by atoms with Crippen molar-refractivity contribution in [3.8, 4) is 17.1 Å². The summed E-state index contributed by atoms with van der Waals surface area (Å²) in [7, 11) is 0. The smallest absolute Gasteiger partial charge is 0.265 e. The van der Waals surface area contributed by atoms with E-state index in [0.29, 0.717) is 30.4 Å². The van der Waals surface area contributed by atoms with E-state index < -0.39 is 0 Å². The Morgan fingerprint density at radius 1 is 1.20 bits per heavy atom. The molecular formula is C22H22N4O4. The largest absolute Gasteiger partial charge is 0.482 e. The predicted octanol–water partition coefficient (Wildman–Crippen LogP) is 3.42. The molecule has 0 saturated heterocycles. The predicted molar refractivity (Wildman–Crippen MR) is 111 cm³/mol. The van der Waals surface area contributed by atoms with Crippen LogP contribution < -0.4 is 15.0 Å². The van der Waals surface area contributed by atoms with E-state index in [9.17, 15) is 9.59 Å². The third-order valence-electron chi connectivity index (χ3n) is 4.71. The summed E-state index contributed by atoms with van der Waals surface area (Å²) in [5.74, 6) is 1.44. The minimum absolute atomic E-state index is 0.0550. The normalized spacial score (nSPS) is 13.0. The number of ether oxygens (including phenoxy) is 1. The molecule has 154 valence electrons. The van der Waals surface area contributed by atoms with Crippen molar-refractivity contribution in [3.05, 3.63) is 53.9 Å². The third kappa shape index (κ3) is 4.17. The van der Waals surface area contributed by atoms with E-state index in [2.05, 4.69) is 15.5 Å². The molecule has 1 N–H and O–H groups in total. The lowest BCUT2D eigenvalue weighted by molar-refractivity contribution is -0.121. The number of carbonyl (C=O) groups is 2. The lowest BCUT2D eigenvalue weighted by Gasteiger charge is -2.29. The van der Waals surface area contributed by atoms with Gasteiger partial charge in [0.05, 0.1) is 12.1 Å². The first kappa shape index (κ1) is 19.6. The molecule has 0 fully saturated rings. The Labute approximate surface area is 173 Å². The van der Waals surface area contributed by atoms with Gasteiger partial charge < -0.3 is 19.5 Å². The molecule has 1 aromatic heterocycles. The number of rotatable bonds is 6. The number of anilines is 2. The molecule has 2 amide bonds. The molecule has 2 aromatic carbocycles. The first-order chi connectivity index (χ1) is 14.5. The molecule has 30 heavy (non-hydrogen) atoms. The number of benzene rings is 2. The highest BCUT2D eigenvalue weighted by atomic mass is 16.5. The number of nitrogens with zero attached hydrogens (tertiary/aromatic N) is 3. The summed E-state index contributed by atoms with van der Waals surface area (Å²) >= 11 is 0. The van der Waals surface area contributed by atoms with Crippen LogP contribution in [0.15, 0.2) is 47.0 Å². The molecule has 0 unspecified atom stereocenters. The topological polar surface area (TPSA) is 97.6 Å². The zero-order chi connectivity index (χ0) is 21.1. The van der Waals surface area contributed by atoms with Gasteiger partial charge in [-0.25, -0.2) is 0 Å². The van der Waals surface area contributed by atoms with Crippen molar-refractivity contribution >= 4 is 23.2 Å². The van der Waals surface area contributed by atoms with Crippen LogP contribution in [0.5, 0.6) is 5.75 Å². The average molecular weight is 406 g/mol. The van der Waals surface area contributed by atoms with E-state index in [1.54, 1.807) is 4.90 Å². The van der Waals surface area contributed by atoms with Gasteiger partial charge in [0.2, 0.25) is 17.6 Å². The van der Waals surface area contributed by atoms with Gasteiger partial charge in [-0.05, 0) is 42.3 Å². The molecule has 8 nitrogen and oxygen atoms in total. The highest BCUT2D eigenvalue weighted by molar-refractivity contribution is 5.98. The summed E-state index contributed by atoms with van der Waals surface area (Å²) in [4.78, 5) is 29.6. The van der Waals surface area contributed by atoms with Crippen molar-refractivity contribution in [1.29, 1.82) is 0 Å². The van der Waals surface area contributed by atoms with Gasteiger partial charge in [-0.2, -0.15) is 4.98 Å². The highest BCUT2D eigenvalue weighted by Crippen LogP contribution is 2.35. The minimum atomic E-state index is -0.112. The first-order valence-corrected chi connectivity index (χ1v) is 9.80. The maximum absolute atomic E-state index is 12.2. The second-order valence-electron chi connectivity index (χ2n) is 7.08. The van der Waals surface area contributed by atoms with Gasteiger partial charge in [0, 0.05) is 24.7 Å². The molecule has 0 aliphatic carbocycles. The lowest BCUT2D eigenvalue weighted by atomic mass is 10.1.